The van der Waals surface area contributed by atoms with Crippen molar-refractivity contribution in [1.29, 1.82) is 0 Å². The average molecular weight is 343 g/mol. The molecule has 0 aliphatic heterocycles. The number of H-pyrrole nitrogens is 1. The highest BCUT2D eigenvalue weighted by atomic mass is 16.2. The van der Waals surface area contributed by atoms with Crippen LogP contribution in [0.1, 0.15) is 20.8 Å². The fourth-order valence-corrected chi connectivity index (χ4v) is 2.04. The van der Waals surface area contributed by atoms with Gasteiger partial charge in [-0.2, -0.15) is 10.1 Å². The Balaban J connectivity index is 1.77. The van der Waals surface area contributed by atoms with Crippen LogP contribution in [-0.4, -0.2) is 49.1 Å². The highest BCUT2D eigenvalue weighted by Gasteiger charge is 2.17. The van der Waals surface area contributed by atoms with Crippen molar-refractivity contribution in [3.8, 4) is 0 Å². The summed E-state index contributed by atoms with van der Waals surface area (Å²) >= 11 is 0. The van der Waals surface area contributed by atoms with Gasteiger partial charge in [-0.3, -0.25) is 19.5 Å². The maximum absolute atomic E-state index is 12.4. The first-order valence-corrected chi connectivity index (χ1v) is 6.97. The molecule has 0 fully saturated rings. The van der Waals surface area contributed by atoms with E-state index in [1.54, 1.807) is 6.07 Å². The number of carbonyl (C=O) groups excluding carboxylic acids is 3. The Labute approximate surface area is 139 Å². The van der Waals surface area contributed by atoms with Gasteiger partial charge in [0.2, 0.25) is 11.9 Å². The molecule has 25 heavy (non-hydrogen) atoms. The number of rotatable bonds is 5. The fourth-order valence-electron chi connectivity index (χ4n) is 2.04. The van der Waals surface area contributed by atoms with Gasteiger partial charge in [0.15, 0.2) is 5.65 Å². The zero-order valence-corrected chi connectivity index (χ0v) is 12.7. The SMILES string of the molecule is NC(=O)CNC(=O)c1[nH]ncc1NC(=O)c1ccc2nc(N)nn2c1. The summed E-state index contributed by atoms with van der Waals surface area (Å²) in [5.41, 5.74) is 11.3. The lowest BCUT2D eigenvalue weighted by Gasteiger charge is -2.06. The third-order valence-corrected chi connectivity index (χ3v) is 3.15. The summed E-state index contributed by atoms with van der Waals surface area (Å²) < 4.78 is 1.36. The Morgan fingerprint density at radius 2 is 2.04 bits per heavy atom. The Morgan fingerprint density at radius 3 is 2.80 bits per heavy atom. The smallest absolute Gasteiger partial charge is 0.271 e. The van der Waals surface area contributed by atoms with Gasteiger partial charge in [-0.05, 0) is 12.1 Å². The van der Waals surface area contributed by atoms with E-state index in [0.29, 0.717) is 5.65 Å². The predicted molar refractivity (Wildman–Crippen MR) is 85.5 cm³/mol. The number of anilines is 2. The molecule has 3 aromatic rings. The normalized spacial score (nSPS) is 10.6. The monoisotopic (exact) mass is 343 g/mol. The second kappa shape index (κ2) is 6.27. The fraction of sp³-hybridized carbons (Fsp3) is 0.0769. The van der Waals surface area contributed by atoms with Gasteiger partial charge >= 0.3 is 0 Å². The highest BCUT2D eigenvalue weighted by Crippen LogP contribution is 2.14. The van der Waals surface area contributed by atoms with Gasteiger partial charge in [-0.15, -0.1) is 5.10 Å². The summed E-state index contributed by atoms with van der Waals surface area (Å²) in [5.74, 6) is -1.74. The number of nitrogens with two attached hydrogens (primary N) is 2. The molecule has 0 spiro atoms. The number of hydrogen-bond acceptors (Lipinski definition) is 7. The van der Waals surface area contributed by atoms with E-state index in [4.69, 9.17) is 11.5 Å². The summed E-state index contributed by atoms with van der Waals surface area (Å²) in [4.78, 5) is 39.0. The molecule has 0 aromatic carbocycles. The van der Waals surface area contributed by atoms with E-state index in [9.17, 15) is 14.4 Å². The van der Waals surface area contributed by atoms with Crippen LogP contribution in [0.4, 0.5) is 11.6 Å². The molecule has 0 unspecified atom stereocenters. The molecule has 0 atom stereocenters. The van der Waals surface area contributed by atoms with Crippen LogP contribution < -0.4 is 22.1 Å². The van der Waals surface area contributed by atoms with E-state index >= 15 is 0 Å². The second-order valence-electron chi connectivity index (χ2n) is 4.95. The van der Waals surface area contributed by atoms with Crippen LogP contribution in [0.15, 0.2) is 24.5 Å². The van der Waals surface area contributed by atoms with E-state index in [1.807, 2.05) is 0 Å². The molecule has 3 amide bonds. The van der Waals surface area contributed by atoms with Crippen molar-refractivity contribution in [2.75, 3.05) is 17.6 Å². The molecule has 128 valence electrons. The molecular weight excluding hydrogens is 330 g/mol. The number of fused-ring (bicyclic) bond motifs is 1. The Kier molecular flexibility index (Phi) is 3.99. The zero-order valence-electron chi connectivity index (χ0n) is 12.7. The summed E-state index contributed by atoms with van der Waals surface area (Å²) in [5, 5.41) is 14.9. The lowest BCUT2D eigenvalue weighted by Crippen LogP contribution is -2.34. The number of carbonyl (C=O) groups is 3. The molecule has 0 bridgehead atoms. The van der Waals surface area contributed by atoms with Gasteiger partial charge in [-0.25, -0.2) is 4.52 Å². The number of aromatic amines is 1. The summed E-state index contributed by atoms with van der Waals surface area (Å²) in [6, 6.07) is 3.11. The number of nitrogen functional groups attached to an aromatic ring is 1. The Bertz CT molecular complexity index is 974. The van der Waals surface area contributed by atoms with E-state index in [0.717, 1.165) is 0 Å². The van der Waals surface area contributed by atoms with E-state index in [1.165, 1.54) is 23.0 Å². The topological polar surface area (TPSA) is 186 Å². The summed E-state index contributed by atoms with van der Waals surface area (Å²) in [6.07, 6.45) is 2.71. The molecule has 0 radical (unpaired) electrons. The van der Waals surface area contributed by atoms with Crippen LogP contribution in [0.3, 0.4) is 0 Å². The maximum atomic E-state index is 12.4. The standard InChI is InChI=1S/C13H13N9O3/c14-8(23)4-16-12(25)10-7(3-17-20-10)18-11(24)6-1-2-9-19-13(15)21-22(9)5-6/h1-3,5H,4H2,(H2,14,23)(H2,15,21)(H,16,25)(H,17,20)(H,18,24). The molecule has 3 aromatic heterocycles. The minimum Gasteiger partial charge on any atom is -0.368 e. The minimum atomic E-state index is -0.696. The molecule has 0 saturated heterocycles. The first kappa shape index (κ1) is 15.9. The van der Waals surface area contributed by atoms with Crippen molar-refractivity contribution in [2.24, 2.45) is 5.73 Å². The van der Waals surface area contributed by atoms with Crippen molar-refractivity contribution in [2.45, 2.75) is 0 Å². The molecule has 0 saturated carbocycles. The third kappa shape index (κ3) is 3.36. The lowest BCUT2D eigenvalue weighted by atomic mass is 10.2. The first-order chi connectivity index (χ1) is 11.9. The number of primary amides is 1. The molecule has 7 N–H and O–H groups in total. The molecule has 3 heterocycles. The molecule has 3 rings (SSSR count). The number of nitrogens with one attached hydrogen (secondary N) is 3. The third-order valence-electron chi connectivity index (χ3n) is 3.15. The summed E-state index contributed by atoms with van der Waals surface area (Å²) in [6.45, 7) is -0.338. The predicted octanol–water partition coefficient (Wildman–Crippen LogP) is -1.50. The highest BCUT2D eigenvalue weighted by molar-refractivity contribution is 6.08. The van der Waals surface area contributed by atoms with Gasteiger partial charge < -0.3 is 22.1 Å². The van der Waals surface area contributed by atoms with Crippen molar-refractivity contribution < 1.29 is 14.4 Å². The number of hydrogen-bond donors (Lipinski definition) is 5. The molecule has 12 heteroatoms. The lowest BCUT2D eigenvalue weighted by molar-refractivity contribution is -0.117. The van der Waals surface area contributed by atoms with Crippen molar-refractivity contribution >= 4 is 35.0 Å². The van der Waals surface area contributed by atoms with E-state index in [-0.39, 0.29) is 29.4 Å². The van der Waals surface area contributed by atoms with Crippen molar-refractivity contribution in [3.05, 3.63) is 35.8 Å². The Morgan fingerprint density at radius 1 is 1.24 bits per heavy atom. The molecule has 12 nitrogen and oxygen atoms in total. The zero-order chi connectivity index (χ0) is 18.0. The van der Waals surface area contributed by atoms with Gasteiger partial charge in [0.25, 0.3) is 11.8 Å². The van der Waals surface area contributed by atoms with Crippen LogP contribution >= 0.6 is 0 Å². The van der Waals surface area contributed by atoms with Gasteiger partial charge in [0.05, 0.1) is 24.0 Å². The largest absolute Gasteiger partial charge is 0.368 e. The second-order valence-corrected chi connectivity index (χ2v) is 4.95. The van der Waals surface area contributed by atoms with E-state index in [2.05, 4.69) is 30.9 Å². The molecular formula is C13H13N9O3. The Hall–Kier alpha value is -3.96. The number of pyridine rings is 1. The van der Waals surface area contributed by atoms with Gasteiger partial charge in [-0.1, -0.05) is 0 Å². The van der Waals surface area contributed by atoms with Crippen LogP contribution in [-0.2, 0) is 4.79 Å². The van der Waals surface area contributed by atoms with Crippen molar-refractivity contribution in [1.82, 2.24) is 30.1 Å². The first-order valence-electron chi connectivity index (χ1n) is 6.97. The van der Waals surface area contributed by atoms with Crippen LogP contribution in [0.2, 0.25) is 0 Å². The van der Waals surface area contributed by atoms with Crippen LogP contribution in [0.25, 0.3) is 5.65 Å². The molecule has 0 aliphatic rings. The van der Waals surface area contributed by atoms with E-state index < -0.39 is 17.7 Å². The quantitative estimate of drug-likeness (QED) is 0.373. The van der Waals surface area contributed by atoms with Gasteiger partial charge in [0, 0.05) is 6.20 Å². The van der Waals surface area contributed by atoms with Gasteiger partial charge in [0.1, 0.15) is 5.69 Å². The number of nitrogens with zero attached hydrogens (tertiary/aromatic N) is 4. The summed E-state index contributed by atoms with van der Waals surface area (Å²) in [7, 11) is 0. The van der Waals surface area contributed by atoms with Crippen LogP contribution in [0.5, 0.6) is 0 Å². The maximum Gasteiger partial charge on any atom is 0.271 e. The molecule has 0 aliphatic carbocycles. The minimum absolute atomic E-state index is 0.0133. The van der Waals surface area contributed by atoms with Crippen molar-refractivity contribution in [3.63, 3.8) is 0 Å². The number of amides is 3. The average Bonchev–Trinajstić information content (AvgIpc) is 3.16. The van der Waals surface area contributed by atoms with Crippen LogP contribution in [0, 0.1) is 0 Å². The number of aromatic nitrogens is 5.